The van der Waals surface area contributed by atoms with Crippen LogP contribution in [0.1, 0.15) is 28.5 Å². The summed E-state index contributed by atoms with van der Waals surface area (Å²) in [6, 6.07) is 17.0. The van der Waals surface area contributed by atoms with Gasteiger partial charge in [-0.2, -0.15) is 0 Å². The number of hydrogen-bond acceptors (Lipinski definition) is 13. The molecule has 1 saturated heterocycles. The second-order valence-electron chi connectivity index (χ2n) is 9.94. The molecule has 1 unspecified atom stereocenters. The Morgan fingerprint density at radius 2 is 1.67 bits per heavy atom. The van der Waals surface area contributed by atoms with Crippen LogP contribution in [0, 0.1) is 0 Å². The van der Waals surface area contributed by atoms with Crippen LogP contribution < -0.4 is 27.6 Å². The van der Waals surface area contributed by atoms with Crippen LogP contribution >= 0.6 is 23.1 Å². The number of aromatic nitrogens is 1. The van der Waals surface area contributed by atoms with Crippen molar-refractivity contribution in [1.82, 2.24) is 15.2 Å². The second kappa shape index (κ2) is 12.0. The fourth-order valence-corrected chi connectivity index (χ4v) is 7.06. The van der Waals surface area contributed by atoms with Crippen LogP contribution in [0.3, 0.4) is 0 Å². The molecule has 2 aliphatic heterocycles. The number of carbonyl (C=O) groups is 3. The lowest BCUT2D eigenvalue weighted by molar-refractivity contribution is -0.154. The summed E-state index contributed by atoms with van der Waals surface area (Å²) in [5, 5.41) is 7.36. The molecule has 0 aliphatic carbocycles. The van der Waals surface area contributed by atoms with Gasteiger partial charge in [-0.05, 0) is 11.1 Å². The zero-order chi connectivity index (χ0) is 31.8. The number of fused-ring (bicyclic) bond motifs is 1. The molecule has 1 aromatic heterocycles. The molecule has 2 aliphatic rings. The number of thioether (sulfide) groups is 1. The number of β-lactam (4-membered cyclic amide) rings is 1. The number of hydrogen-bond donors (Lipinski definition) is 3. The van der Waals surface area contributed by atoms with Gasteiger partial charge in [-0.3, -0.25) is 24.1 Å². The van der Waals surface area contributed by atoms with E-state index in [0.717, 1.165) is 16.2 Å². The Hall–Kier alpha value is -5.28. The van der Waals surface area contributed by atoms with Crippen LogP contribution in [-0.2, 0) is 24.0 Å². The standard InChI is InChI=1S/C30H24N6O7S2/c1-42-35-20(17-13-45-30(32)33-17)26(39)34-21-27(40)36-22(16(12-44-28(21)36)18-19(31)24(38)23(18)37)29(41)43-25(14-8-4-2-5-9-14)15-10-6-3-7-11-15/h2-11,13,21,25,28H,12,31H2,1H3,(H2,32,33)(H,34,39)/b35-20-/t21?,28-/m1/s1. The Labute approximate surface area is 263 Å². The van der Waals surface area contributed by atoms with Gasteiger partial charge < -0.3 is 26.4 Å². The number of esters is 1. The molecule has 6 rings (SSSR count). The third kappa shape index (κ3) is 5.25. The van der Waals surface area contributed by atoms with Gasteiger partial charge in [0, 0.05) is 16.7 Å². The Kier molecular flexibility index (Phi) is 7.95. The quantitative estimate of drug-likeness (QED) is 0.0783. The molecule has 45 heavy (non-hydrogen) atoms. The number of nitrogens with one attached hydrogen (secondary N) is 1. The van der Waals surface area contributed by atoms with Gasteiger partial charge in [0.15, 0.2) is 16.9 Å². The molecular formula is C30H24N6O7S2. The third-order valence-corrected chi connectivity index (χ3v) is 9.24. The lowest BCUT2D eigenvalue weighted by atomic mass is 9.94. The van der Waals surface area contributed by atoms with Crippen molar-refractivity contribution in [1.29, 1.82) is 0 Å². The molecule has 0 radical (unpaired) electrons. The fourth-order valence-electron chi connectivity index (χ4n) is 5.16. The average molecular weight is 645 g/mol. The number of nitrogens with two attached hydrogens (primary N) is 2. The van der Waals surface area contributed by atoms with Gasteiger partial charge in [-0.25, -0.2) is 9.78 Å². The summed E-state index contributed by atoms with van der Waals surface area (Å²) in [7, 11) is 1.26. The monoisotopic (exact) mass is 644 g/mol. The maximum Gasteiger partial charge on any atom is 0.356 e. The second-order valence-corrected chi connectivity index (χ2v) is 11.9. The largest absolute Gasteiger partial charge is 0.448 e. The van der Waals surface area contributed by atoms with Gasteiger partial charge in [0.25, 0.3) is 11.8 Å². The minimum Gasteiger partial charge on any atom is -0.448 e. The van der Waals surface area contributed by atoms with Crippen LogP contribution in [-0.4, -0.2) is 57.7 Å². The highest BCUT2D eigenvalue weighted by molar-refractivity contribution is 8.00. The molecule has 4 aromatic rings. The van der Waals surface area contributed by atoms with Crippen molar-refractivity contribution in [2.24, 2.45) is 5.16 Å². The van der Waals surface area contributed by atoms with Crippen molar-refractivity contribution >= 4 is 63.0 Å². The predicted molar refractivity (Wildman–Crippen MR) is 169 cm³/mol. The van der Waals surface area contributed by atoms with E-state index in [9.17, 15) is 24.0 Å². The number of carbonyl (C=O) groups excluding carboxylic acids is 3. The molecule has 3 heterocycles. The molecule has 13 nitrogen and oxygen atoms in total. The van der Waals surface area contributed by atoms with Crippen molar-refractivity contribution in [3.63, 3.8) is 0 Å². The van der Waals surface area contributed by atoms with Crippen molar-refractivity contribution in [3.8, 4) is 0 Å². The highest BCUT2D eigenvalue weighted by atomic mass is 32.2. The molecule has 5 N–H and O–H groups in total. The highest BCUT2D eigenvalue weighted by Gasteiger charge is 2.55. The van der Waals surface area contributed by atoms with Crippen molar-refractivity contribution < 1.29 is 24.0 Å². The van der Waals surface area contributed by atoms with Crippen LogP contribution in [0.25, 0.3) is 5.57 Å². The Balaban J connectivity index is 1.34. The van der Waals surface area contributed by atoms with Crippen LogP contribution in [0.15, 0.2) is 86.5 Å². The first-order valence-corrected chi connectivity index (χ1v) is 15.3. The number of benzene rings is 2. The molecule has 0 bridgehead atoms. The molecule has 2 atom stereocenters. The van der Waals surface area contributed by atoms with E-state index in [1.165, 1.54) is 24.3 Å². The van der Waals surface area contributed by atoms with E-state index in [4.69, 9.17) is 21.0 Å². The van der Waals surface area contributed by atoms with E-state index in [0.29, 0.717) is 11.1 Å². The molecule has 0 spiro atoms. The SMILES string of the molecule is CO/N=C(\C(=O)NC1C(=O)N2C(C(=O)OC(c3ccccc3)c3ccccc3)=C(c3c(N)c(=O)c3=O)CS[C@H]12)c1csc(N)n1. The van der Waals surface area contributed by atoms with Crippen LogP contribution in [0.4, 0.5) is 10.8 Å². The van der Waals surface area contributed by atoms with Crippen molar-refractivity contribution in [3.05, 3.63) is 115 Å². The number of anilines is 2. The highest BCUT2D eigenvalue weighted by Crippen LogP contribution is 2.44. The summed E-state index contributed by atoms with van der Waals surface area (Å²) in [5.74, 6) is -2.27. The first-order chi connectivity index (χ1) is 21.7. The van der Waals surface area contributed by atoms with Gasteiger partial charge in [-0.15, -0.1) is 23.1 Å². The number of rotatable bonds is 9. The smallest absolute Gasteiger partial charge is 0.356 e. The van der Waals surface area contributed by atoms with Gasteiger partial charge in [0.1, 0.15) is 29.9 Å². The Morgan fingerprint density at radius 1 is 1.02 bits per heavy atom. The van der Waals surface area contributed by atoms with E-state index in [2.05, 4.69) is 15.5 Å². The summed E-state index contributed by atoms with van der Waals surface area (Å²) in [6.45, 7) is 0. The van der Waals surface area contributed by atoms with E-state index >= 15 is 0 Å². The van der Waals surface area contributed by atoms with E-state index in [-0.39, 0.29) is 44.8 Å². The Bertz CT molecular complexity index is 1910. The van der Waals surface area contributed by atoms with Crippen molar-refractivity contribution in [2.45, 2.75) is 17.5 Å². The zero-order valence-electron chi connectivity index (χ0n) is 23.5. The van der Waals surface area contributed by atoms with Gasteiger partial charge in [0.05, 0.1) is 11.3 Å². The normalized spacial score (nSPS) is 18.0. The Morgan fingerprint density at radius 3 is 2.22 bits per heavy atom. The van der Waals surface area contributed by atoms with Gasteiger partial charge in [-0.1, -0.05) is 65.8 Å². The molecule has 228 valence electrons. The zero-order valence-corrected chi connectivity index (χ0v) is 25.1. The first-order valence-electron chi connectivity index (χ1n) is 13.4. The number of oxime groups is 1. The summed E-state index contributed by atoms with van der Waals surface area (Å²) in [6.07, 6.45) is -0.864. The lowest BCUT2D eigenvalue weighted by Gasteiger charge is -2.49. The maximum absolute atomic E-state index is 14.1. The number of nitrogens with zero attached hydrogens (tertiary/aromatic N) is 3. The number of thiazole rings is 1. The molecule has 3 aromatic carbocycles. The summed E-state index contributed by atoms with van der Waals surface area (Å²) < 4.78 is 6.05. The van der Waals surface area contributed by atoms with E-state index in [1.807, 2.05) is 12.1 Å². The van der Waals surface area contributed by atoms with Gasteiger partial charge >= 0.3 is 5.97 Å². The molecule has 15 heteroatoms. The minimum absolute atomic E-state index is 0.0310. The average Bonchev–Trinajstić information content (AvgIpc) is 3.50. The molecule has 1 fully saturated rings. The number of amides is 2. The molecule has 0 saturated carbocycles. The molecule has 2 amide bonds. The van der Waals surface area contributed by atoms with E-state index in [1.54, 1.807) is 48.5 Å². The minimum atomic E-state index is -1.08. The third-order valence-electron chi connectivity index (χ3n) is 7.29. The predicted octanol–water partition coefficient (Wildman–Crippen LogP) is 1.40. The topological polar surface area (TPSA) is 196 Å². The molecular weight excluding hydrogens is 620 g/mol. The van der Waals surface area contributed by atoms with Crippen LogP contribution in [0.2, 0.25) is 0 Å². The first kappa shape index (κ1) is 29.8. The lowest BCUT2D eigenvalue weighted by Crippen LogP contribution is -2.71. The number of ether oxygens (including phenoxy) is 1. The fraction of sp³-hybridized carbons (Fsp3) is 0.167. The van der Waals surface area contributed by atoms with E-state index < -0.39 is 46.2 Å². The van der Waals surface area contributed by atoms with Crippen molar-refractivity contribution in [2.75, 3.05) is 24.3 Å². The van der Waals surface area contributed by atoms with Gasteiger partial charge in [0.2, 0.25) is 10.9 Å². The summed E-state index contributed by atoms with van der Waals surface area (Å²) in [4.78, 5) is 75.6. The summed E-state index contributed by atoms with van der Waals surface area (Å²) >= 11 is 2.28. The maximum atomic E-state index is 14.1. The van der Waals surface area contributed by atoms with Crippen LogP contribution in [0.5, 0.6) is 0 Å². The summed E-state index contributed by atoms with van der Waals surface area (Å²) in [5.41, 5.74) is 10.7. The number of nitrogen functional groups attached to an aromatic ring is 2.